The third-order valence-corrected chi connectivity index (χ3v) is 6.39. The van der Waals surface area contributed by atoms with Gasteiger partial charge >= 0.3 is 6.18 Å². The van der Waals surface area contributed by atoms with E-state index in [9.17, 15) is 22.8 Å². The van der Waals surface area contributed by atoms with Gasteiger partial charge in [-0.25, -0.2) is 4.98 Å². The fourth-order valence-electron chi connectivity index (χ4n) is 3.69. The van der Waals surface area contributed by atoms with Gasteiger partial charge in [-0.15, -0.1) is 0 Å². The molecule has 2 N–H and O–H groups in total. The normalized spacial score (nSPS) is 11.7. The zero-order valence-corrected chi connectivity index (χ0v) is 19.7. The highest BCUT2D eigenvalue weighted by atomic mass is 32.2. The van der Waals surface area contributed by atoms with Crippen molar-refractivity contribution in [2.45, 2.75) is 37.6 Å². The largest absolute Gasteiger partial charge is 0.418 e. The molecule has 0 unspecified atom stereocenters. The van der Waals surface area contributed by atoms with Crippen LogP contribution in [0, 0.1) is 0 Å². The summed E-state index contributed by atoms with van der Waals surface area (Å²) in [6.45, 7) is 2.41. The lowest BCUT2D eigenvalue weighted by atomic mass is 10.1. The van der Waals surface area contributed by atoms with Crippen molar-refractivity contribution in [3.8, 4) is 11.1 Å². The quantitative estimate of drug-likeness (QED) is 0.232. The number of benzene rings is 2. The maximum Gasteiger partial charge on any atom is 0.418 e. The highest BCUT2D eigenvalue weighted by Gasteiger charge is 2.33. The van der Waals surface area contributed by atoms with Gasteiger partial charge in [-0.2, -0.15) is 13.2 Å². The summed E-state index contributed by atoms with van der Waals surface area (Å²) in [6, 6.07) is 14.3. The topological polar surface area (TPSA) is 79.8 Å². The second kappa shape index (κ2) is 10.4. The monoisotopic (exact) mass is 500 g/mol. The third kappa shape index (κ3) is 5.43. The summed E-state index contributed by atoms with van der Waals surface area (Å²) in [4.78, 5) is 33.5. The molecule has 182 valence electrons. The molecule has 1 amide bonds. The maximum absolute atomic E-state index is 13.3. The molecule has 0 aliphatic rings. The molecule has 4 rings (SSSR count). The van der Waals surface area contributed by atoms with Crippen LogP contribution in [0.4, 0.5) is 18.9 Å². The summed E-state index contributed by atoms with van der Waals surface area (Å²) in [5.74, 6) is -0.832. The minimum atomic E-state index is -4.59. The molecule has 0 aliphatic heterocycles. The molecule has 2 aromatic carbocycles. The van der Waals surface area contributed by atoms with Gasteiger partial charge in [0.2, 0.25) is 5.91 Å². The number of H-pyrrole nitrogens is 1. The standard InChI is InChI=1S/C25H23F3N4O2S/c1-2-3-13-32-23(34)22-21(17(14-29-22)16-9-5-4-6-10-16)31-24(32)35-15-20(33)30-19-12-8-7-11-18(19)25(26,27)28/h4-12,14,29H,2-3,13,15H2,1H3,(H,30,33). The number of hydrogen-bond acceptors (Lipinski definition) is 4. The molecule has 4 aromatic rings. The Morgan fingerprint density at radius 1 is 1.11 bits per heavy atom. The van der Waals surface area contributed by atoms with Gasteiger partial charge < -0.3 is 10.3 Å². The Bertz CT molecular complexity index is 1400. The molecule has 0 saturated heterocycles. The van der Waals surface area contributed by atoms with Crippen LogP contribution in [-0.4, -0.2) is 26.2 Å². The summed E-state index contributed by atoms with van der Waals surface area (Å²) >= 11 is 1.02. The van der Waals surface area contributed by atoms with Crippen molar-refractivity contribution in [1.82, 2.24) is 14.5 Å². The van der Waals surface area contributed by atoms with Gasteiger partial charge in [0.15, 0.2) is 5.16 Å². The highest BCUT2D eigenvalue weighted by molar-refractivity contribution is 7.99. The van der Waals surface area contributed by atoms with E-state index in [1.807, 2.05) is 37.3 Å². The molecule has 0 bridgehead atoms. The van der Waals surface area contributed by atoms with Crippen molar-refractivity contribution < 1.29 is 18.0 Å². The van der Waals surface area contributed by atoms with E-state index < -0.39 is 17.6 Å². The van der Waals surface area contributed by atoms with E-state index in [0.717, 1.165) is 41.8 Å². The first-order chi connectivity index (χ1) is 16.8. The van der Waals surface area contributed by atoms with Crippen LogP contribution in [0.25, 0.3) is 22.2 Å². The second-order valence-electron chi connectivity index (χ2n) is 7.88. The minimum Gasteiger partial charge on any atom is -0.355 e. The predicted octanol–water partition coefficient (Wildman–Crippen LogP) is 5.94. The Morgan fingerprint density at radius 3 is 2.54 bits per heavy atom. The Morgan fingerprint density at radius 2 is 1.83 bits per heavy atom. The van der Waals surface area contributed by atoms with E-state index in [0.29, 0.717) is 22.7 Å². The molecule has 0 spiro atoms. The average Bonchev–Trinajstić information content (AvgIpc) is 3.27. The molecular formula is C25H23F3N4O2S. The third-order valence-electron chi connectivity index (χ3n) is 5.41. The van der Waals surface area contributed by atoms with Crippen molar-refractivity contribution in [2.75, 3.05) is 11.1 Å². The van der Waals surface area contributed by atoms with Gasteiger partial charge in [0, 0.05) is 18.3 Å². The molecule has 0 aliphatic carbocycles. The number of halogens is 3. The SMILES string of the molecule is CCCCn1c(SCC(=O)Nc2ccccc2C(F)(F)F)nc2c(-c3ccccc3)c[nH]c2c1=O. The van der Waals surface area contributed by atoms with Gasteiger partial charge in [0.05, 0.1) is 17.0 Å². The number of anilines is 1. The van der Waals surface area contributed by atoms with Crippen LogP contribution >= 0.6 is 11.8 Å². The number of carbonyl (C=O) groups is 1. The number of rotatable bonds is 8. The molecule has 0 fully saturated rings. The number of fused-ring (bicyclic) bond motifs is 1. The van der Waals surface area contributed by atoms with Crippen LogP contribution in [0.1, 0.15) is 25.3 Å². The molecule has 0 atom stereocenters. The number of para-hydroxylation sites is 1. The van der Waals surface area contributed by atoms with Gasteiger partial charge in [-0.1, -0.05) is 67.6 Å². The van der Waals surface area contributed by atoms with Gasteiger partial charge in [0.25, 0.3) is 5.56 Å². The van der Waals surface area contributed by atoms with Crippen LogP contribution in [0.5, 0.6) is 0 Å². The Balaban J connectivity index is 1.64. The van der Waals surface area contributed by atoms with Crippen molar-refractivity contribution >= 4 is 34.4 Å². The number of alkyl halides is 3. The number of amides is 1. The molecule has 6 nitrogen and oxygen atoms in total. The Labute approximate surface area is 203 Å². The van der Waals surface area contributed by atoms with E-state index in [4.69, 9.17) is 4.98 Å². The van der Waals surface area contributed by atoms with E-state index in [1.54, 1.807) is 6.20 Å². The van der Waals surface area contributed by atoms with E-state index >= 15 is 0 Å². The summed E-state index contributed by atoms with van der Waals surface area (Å²) in [5.41, 5.74) is 1.01. The fraction of sp³-hybridized carbons (Fsp3) is 0.240. The number of carbonyl (C=O) groups excluding carboxylic acids is 1. The number of thioether (sulfide) groups is 1. The van der Waals surface area contributed by atoms with Gasteiger partial charge in [-0.05, 0) is 24.1 Å². The zero-order chi connectivity index (χ0) is 25.0. The molecule has 0 radical (unpaired) electrons. The first kappa shape index (κ1) is 24.6. The number of hydrogen-bond donors (Lipinski definition) is 2. The summed E-state index contributed by atoms with van der Waals surface area (Å²) < 4.78 is 41.3. The van der Waals surface area contributed by atoms with E-state index in [1.165, 1.54) is 22.8 Å². The minimum absolute atomic E-state index is 0.207. The number of nitrogens with zero attached hydrogens (tertiary/aromatic N) is 2. The number of aromatic nitrogens is 3. The van der Waals surface area contributed by atoms with Crippen molar-refractivity contribution in [3.63, 3.8) is 0 Å². The fourth-order valence-corrected chi connectivity index (χ4v) is 4.51. The number of unbranched alkanes of at least 4 members (excludes halogenated alkanes) is 1. The average molecular weight is 501 g/mol. The molecule has 35 heavy (non-hydrogen) atoms. The van der Waals surface area contributed by atoms with E-state index in [-0.39, 0.29) is 17.0 Å². The molecule has 0 saturated carbocycles. The van der Waals surface area contributed by atoms with E-state index in [2.05, 4.69) is 10.3 Å². The number of nitrogens with one attached hydrogen (secondary N) is 2. The first-order valence-electron chi connectivity index (χ1n) is 11.1. The smallest absolute Gasteiger partial charge is 0.355 e. The lowest BCUT2D eigenvalue weighted by molar-refractivity contribution is -0.137. The predicted molar refractivity (Wildman–Crippen MR) is 131 cm³/mol. The van der Waals surface area contributed by atoms with Crippen molar-refractivity contribution in [2.24, 2.45) is 0 Å². The summed E-state index contributed by atoms with van der Waals surface area (Å²) in [6.07, 6.45) is -1.28. The lowest BCUT2D eigenvalue weighted by Crippen LogP contribution is -2.24. The van der Waals surface area contributed by atoms with Crippen molar-refractivity contribution in [1.29, 1.82) is 0 Å². The Hall–Kier alpha value is -3.53. The zero-order valence-electron chi connectivity index (χ0n) is 18.9. The summed E-state index contributed by atoms with van der Waals surface area (Å²) in [7, 11) is 0. The van der Waals surface area contributed by atoms with Gasteiger partial charge in [0.1, 0.15) is 11.0 Å². The van der Waals surface area contributed by atoms with Crippen LogP contribution in [0.2, 0.25) is 0 Å². The highest BCUT2D eigenvalue weighted by Crippen LogP contribution is 2.34. The molecule has 2 aromatic heterocycles. The second-order valence-corrected chi connectivity index (χ2v) is 8.82. The Kier molecular flexibility index (Phi) is 7.30. The van der Waals surface area contributed by atoms with Crippen LogP contribution in [0.15, 0.2) is 70.7 Å². The van der Waals surface area contributed by atoms with Gasteiger partial charge in [-0.3, -0.25) is 14.2 Å². The van der Waals surface area contributed by atoms with Crippen LogP contribution in [-0.2, 0) is 17.5 Å². The first-order valence-corrected chi connectivity index (χ1v) is 12.0. The number of aromatic amines is 1. The maximum atomic E-state index is 13.3. The lowest BCUT2D eigenvalue weighted by Gasteiger charge is -2.14. The molecular weight excluding hydrogens is 477 g/mol. The molecule has 2 heterocycles. The van der Waals surface area contributed by atoms with Crippen LogP contribution in [0.3, 0.4) is 0 Å². The summed E-state index contributed by atoms with van der Waals surface area (Å²) in [5, 5.41) is 2.67. The molecule has 10 heteroatoms. The van der Waals surface area contributed by atoms with Crippen molar-refractivity contribution in [3.05, 3.63) is 76.7 Å². The van der Waals surface area contributed by atoms with Crippen LogP contribution < -0.4 is 10.9 Å².